The molecule has 1 atom stereocenters. The molecule has 1 unspecified atom stereocenters. The van der Waals surface area contributed by atoms with Crippen molar-refractivity contribution in [2.45, 2.75) is 6.92 Å². The second-order valence-corrected chi connectivity index (χ2v) is 3.63. The Hall–Kier alpha value is -1.95. The highest BCUT2D eigenvalue weighted by Crippen LogP contribution is 2.17. The van der Waals surface area contributed by atoms with Crippen LogP contribution in [0.25, 0.3) is 0 Å². The smallest absolute Gasteiger partial charge is 0.335 e. The molecule has 0 fully saturated rings. The van der Waals surface area contributed by atoms with E-state index >= 15 is 0 Å². The van der Waals surface area contributed by atoms with Gasteiger partial charge in [-0.15, -0.1) is 0 Å². The number of carbonyl (C=O) groups is 2. The third-order valence-corrected chi connectivity index (χ3v) is 2.27. The van der Waals surface area contributed by atoms with Gasteiger partial charge in [-0.25, -0.2) is 9.18 Å². The van der Waals surface area contributed by atoms with E-state index in [0.717, 1.165) is 18.2 Å². The van der Waals surface area contributed by atoms with Crippen LogP contribution in [0.3, 0.4) is 0 Å². The summed E-state index contributed by atoms with van der Waals surface area (Å²) in [6.45, 7) is 1.72. The molecule has 17 heavy (non-hydrogen) atoms. The molecular weight excluding hydrogens is 227 g/mol. The SMILES string of the molecule is CC(CN)C(=O)Nc1cc(C(=O)O)ccc1F. The topological polar surface area (TPSA) is 92.4 Å². The highest BCUT2D eigenvalue weighted by Gasteiger charge is 2.14. The minimum absolute atomic E-state index is 0.0953. The zero-order chi connectivity index (χ0) is 13.0. The summed E-state index contributed by atoms with van der Waals surface area (Å²) in [6, 6.07) is 3.19. The molecule has 5 nitrogen and oxygen atoms in total. The maximum absolute atomic E-state index is 13.3. The van der Waals surface area contributed by atoms with E-state index < -0.39 is 23.6 Å². The summed E-state index contributed by atoms with van der Waals surface area (Å²) < 4.78 is 13.3. The van der Waals surface area contributed by atoms with Crippen molar-refractivity contribution < 1.29 is 19.1 Å². The van der Waals surface area contributed by atoms with Gasteiger partial charge in [-0.3, -0.25) is 4.79 Å². The molecule has 1 rings (SSSR count). The quantitative estimate of drug-likeness (QED) is 0.733. The van der Waals surface area contributed by atoms with E-state index in [1.165, 1.54) is 0 Å². The standard InChI is InChI=1S/C11H13FN2O3/c1-6(5-13)10(15)14-9-4-7(11(16)17)2-3-8(9)12/h2-4,6H,5,13H2,1H3,(H,14,15)(H,16,17). The number of hydrogen-bond donors (Lipinski definition) is 3. The first-order chi connectivity index (χ1) is 7.95. The van der Waals surface area contributed by atoms with Crippen LogP contribution in [-0.4, -0.2) is 23.5 Å². The van der Waals surface area contributed by atoms with Gasteiger partial charge in [0.2, 0.25) is 5.91 Å². The van der Waals surface area contributed by atoms with E-state index in [2.05, 4.69) is 5.32 Å². The van der Waals surface area contributed by atoms with Gasteiger partial charge in [0.05, 0.1) is 11.3 Å². The van der Waals surface area contributed by atoms with Crippen molar-refractivity contribution in [1.29, 1.82) is 0 Å². The number of carboxylic acid groups (broad SMARTS) is 1. The Labute approximate surface area is 97.4 Å². The fraction of sp³-hybridized carbons (Fsp3) is 0.273. The van der Waals surface area contributed by atoms with Crippen molar-refractivity contribution in [3.8, 4) is 0 Å². The molecule has 0 saturated carbocycles. The maximum atomic E-state index is 13.3. The number of amides is 1. The van der Waals surface area contributed by atoms with Crippen molar-refractivity contribution in [3.63, 3.8) is 0 Å². The van der Waals surface area contributed by atoms with E-state index in [9.17, 15) is 14.0 Å². The first kappa shape index (κ1) is 13.1. The van der Waals surface area contributed by atoms with Gasteiger partial charge >= 0.3 is 5.97 Å². The molecule has 1 aromatic carbocycles. The summed E-state index contributed by atoms with van der Waals surface area (Å²) in [5.41, 5.74) is 5.04. The van der Waals surface area contributed by atoms with Crippen molar-refractivity contribution in [2.75, 3.05) is 11.9 Å². The highest BCUT2D eigenvalue weighted by molar-refractivity contribution is 5.95. The molecule has 92 valence electrons. The molecule has 0 heterocycles. The Balaban J connectivity index is 2.94. The zero-order valence-electron chi connectivity index (χ0n) is 9.24. The predicted octanol–water partition coefficient (Wildman–Crippen LogP) is 1.06. The van der Waals surface area contributed by atoms with E-state index in [-0.39, 0.29) is 17.8 Å². The molecule has 6 heteroatoms. The van der Waals surface area contributed by atoms with Crippen LogP contribution in [0.4, 0.5) is 10.1 Å². The van der Waals surface area contributed by atoms with Gasteiger partial charge in [-0.1, -0.05) is 6.92 Å². The molecule has 0 aromatic heterocycles. The number of aromatic carboxylic acids is 1. The summed E-state index contributed by atoms with van der Waals surface area (Å²) in [5.74, 6) is -2.79. The van der Waals surface area contributed by atoms with Gasteiger partial charge in [0.15, 0.2) is 0 Å². The number of carboxylic acids is 1. The molecule has 0 bridgehead atoms. The summed E-state index contributed by atoms with van der Waals surface area (Å²) in [6.07, 6.45) is 0. The summed E-state index contributed by atoms with van der Waals surface area (Å²) in [5, 5.41) is 11.0. The van der Waals surface area contributed by atoms with Crippen molar-refractivity contribution in [1.82, 2.24) is 0 Å². The van der Waals surface area contributed by atoms with Crippen LogP contribution in [0.15, 0.2) is 18.2 Å². The van der Waals surface area contributed by atoms with E-state index in [0.29, 0.717) is 0 Å². The van der Waals surface area contributed by atoms with Crippen LogP contribution in [-0.2, 0) is 4.79 Å². The average Bonchev–Trinajstić information content (AvgIpc) is 2.30. The highest BCUT2D eigenvalue weighted by atomic mass is 19.1. The lowest BCUT2D eigenvalue weighted by molar-refractivity contribution is -0.119. The van der Waals surface area contributed by atoms with Gasteiger partial charge in [-0.2, -0.15) is 0 Å². The van der Waals surface area contributed by atoms with E-state index in [1.54, 1.807) is 6.92 Å². The monoisotopic (exact) mass is 240 g/mol. The van der Waals surface area contributed by atoms with Crippen LogP contribution in [0.1, 0.15) is 17.3 Å². The summed E-state index contributed by atoms with van der Waals surface area (Å²) in [7, 11) is 0. The minimum Gasteiger partial charge on any atom is -0.478 e. The van der Waals surface area contributed by atoms with Crippen molar-refractivity contribution >= 4 is 17.6 Å². The lowest BCUT2D eigenvalue weighted by Gasteiger charge is -2.11. The van der Waals surface area contributed by atoms with E-state index in [4.69, 9.17) is 10.8 Å². The Morgan fingerprint density at radius 1 is 1.53 bits per heavy atom. The van der Waals surface area contributed by atoms with Gasteiger partial charge in [-0.05, 0) is 18.2 Å². The second kappa shape index (κ2) is 5.40. The lowest BCUT2D eigenvalue weighted by atomic mass is 10.1. The zero-order valence-corrected chi connectivity index (χ0v) is 9.24. The number of benzene rings is 1. The number of carbonyl (C=O) groups excluding carboxylic acids is 1. The predicted molar refractivity (Wildman–Crippen MR) is 60.2 cm³/mol. The largest absolute Gasteiger partial charge is 0.478 e. The molecular formula is C11H13FN2O3. The number of nitrogens with one attached hydrogen (secondary N) is 1. The number of anilines is 1. The normalized spacial score (nSPS) is 11.9. The van der Waals surface area contributed by atoms with Gasteiger partial charge in [0, 0.05) is 12.5 Å². The average molecular weight is 240 g/mol. The third-order valence-electron chi connectivity index (χ3n) is 2.27. The summed E-state index contributed by atoms with van der Waals surface area (Å²) >= 11 is 0. The molecule has 1 aromatic rings. The molecule has 0 radical (unpaired) electrons. The first-order valence-electron chi connectivity index (χ1n) is 4.99. The Kier molecular flexibility index (Phi) is 4.17. The van der Waals surface area contributed by atoms with Crippen molar-refractivity contribution in [3.05, 3.63) is 29.6 Å². The Bertz CT molecular complexity index is 448. The fourth-order valence-corrected chi connectivity index (χ4v) is 1.12. The molecule has 4 N–H and O–H groups in total. The maximum Gasteiger partial charge on any atom is 0.335 e. The third kappa shape index (κ3) is 3.25. The van der Waals surface area contributed by atoms with E-state index in [1.807, 2.05) is 0 Å². The number of rotatable bonds is 4. The minimum atomic E-state index is -1.19. The molecule has 0 saturated heterocycles. The van der Waals surface area contributed by atoms with Crippen LogP contribution in [0.5, 0.6) is 0 Å². The van der Waals surface area contributed by atoms with Crippen LogP contribution in [0, 0.1) is 11.7 Å². The van der Waals surface area contributed by atoms with Crippen LogP contribution >= 0.6 is 0 Å². The molecule has 0 spiro atoms. The van der Waals surface area contributed by atoms with Crippen LogP contribution in [0.2, 0.25) is 0 Å². The molecule has 0 aliphatic rings. The van der Waals surface area contributed by atoms with Crippen LogP contribution < -0.4 is 11.1 Å². The Morgan fingerprint density at radius 3 is 2.71 bits per heavy atom. The number of halogens is 1. The first-order valence-corrected chi connectivity index (χ1v) is 4.99. The summed E-state index contributed by atoms with van der Waals surface area (Å²) in [4.78, 5) is 22.2. The molecule has 1 amide bonds. The number of nitrogens with two attached hydrogens (primary N) is 1. The second-order valence-electron chi connectivity index (χ2n) is 3.63. The molecule has 0 aliphatic heterocycles. The van der Waals surface area contributed by atoms with Crippen molar-refractivity contribution in [2.24, 2.45) is 11.7 Å². The molecule has 0 aliphatic carbocycles. The lowest BCUT2D eigenvalue weighted by Crippen LogP contribution is -2.27. The van der Waals surface area contributed by atoms with Gasteiger partial charge in [0.1, 0.15) is 5.82 Å². The fourth-order valence-electron chi connectivity index (χ4n) is 1.12. The van der Waals surface area contributed by atoms with Gasteiger partial charge in [0.25, 0.3) is 0 Å². The van der Waals surface area contributed by atoms with Gasteiger partial charge < -0.3 is 16.2 Å². The number of hydrogen-bond acceptors (Lipinski definition) is 3. The Morgan fingerprint density at radius 2 is 2.18 bits per heavy atom.